The standard InChI is InChI=1S/C33H60FN3O7/c1-21-17-33(6,41-10)29(44-30-27(38)26(35(7)8)16-22(2)43-30)23(3)28(39)32(4,5)31(40)42-20-25(36(9)18-21)12-11-14-37-15-13-24(34)19-37/h21-27,29-30,38H,11-20H2,1-10H3/t21-,22-,23+,24+,25+,26+,27-,29-,30+,33-/m1/s1. The molecule has 10 nitrogen and oxygen atoms in total. The van der Waals surface area contributed by atoms with Gasteiger partial charge in [0.2, 0.25) is 0 Å². The van der Waals surface area contributed by atoms with Crippen molar-refractivity contribution in [3.8, 4) is 0 Å². The molecule has 3 aliphatic rings. The number of halogens is 1. The van der Waals surface area contributed by atoms with Crippen molar-refractivity contribution in [2.75, 3.05) is 61.0 Å². The molecule has 3 saturated heterocycles. The Hall–Kier alpha value is -1.21. The first kappa shape index (κ1) is 37.2. The minimum Gasteiger partial charge on any atom is -0.463 e. The molecule has 0 aliphatic carbocycles. The monoisotopic (exact) mass is 629 g/mol. The van der Waals surface area contributed by atoms with Gasteiger partial charge >= 0.3 is 5.97 Å². The molecule has 0 amide bonds. The highest BCUT2D eigenvalue weighted by Crippen LogP contribution is 2.38. The van der Waals surface area contributed by atoms with Crippen molar-refractivity contribution < 1.29 is 38.0 Å². The van der Waals surface area contributed by atoms with E-state index in [1.165, 1.54) is 0 Å². The predicted molar refractivity (Wildman–Crippen MR) is 167 cm³/mol. The summed E-state index contributed by atoms with van der Waals surface area (Å²) in [5, 5.41) is 11.3. The van der Waals surface area contributed by atoms with Crippen LogP contribution >= 0.6 is 0 Å². The second-order valence-electron chi connectivity index (χ2n) is 14.8. The number of hydrogen-bond acceptors (Lipinski definition) is 10. The molecule has 0 unspecified atom stereocenters. The van der Waals surface area contributed by atoms with Crippen molar-refractivity contribution in [3.05, 3.63) is 0 Å². The maximum absolute atomic E-state index is 14.1. The Morgan fingerprint density at radius 2 is 1.82 bits per heavy atom. The summed E-state index contributed by atoms with van der Waals surface area (Å²) in [6.45, 7) is 14.0. The average molecular weight is 630 g/mol. The molecule has 3 fully saturated rings. The van der Waals surface area contributed by atoms with Crippen LogP contribution in [0.25, 0.3) is 0 Å². The zero-order chi connectivity index (χ0) is 33.0. The fourth-order valence-electron chi connectivity index (χ4n) is 7.43. The van der Waals surface area contributed by atoms with E-state index >= 15 is 0 Å². The highest BCUT2D eigenvalue weighted by Gasteiger charge is 2.51. The molecule has 44 heavy (non-hydrogen) atoms. The van der Waals surface area contributed by atoms with Crippen LogP contribution in [0.2, 0.25) is 0 Å². The molecular formula is C33H60FN3O7. The number of hydrogen-bond donors (Lipinski definition) is 1. The van der Waals surface area contributed by atoms with E-state index < -0.39 is 47.6 Å². The van der Waals surface area contributed by atoms with E-state index in [1.54, 1.807) is 27.9 Å². The molecule has 0 spiro atoms. The van der Waals surface area contributed by atoms with Gasteiger partial charge in [0.05, 0.1) is 17.8 Å². The van der Waals surface area contributed by atoms with Crippen molar-refractivity contribution in [1.29, 1.82) is 0 Å². The number of carbonyl (C=O) groups is 2. The van der Waals surface area contributed by atoms with Gasteiger partial charge in [0.15, 0.2) is 12.1 Å². The maximum Gasteiger partial charge on any atom is 0.319 e. The van der Waals surface area contributed by atoms with Crippen LogP contribution < -0.4 is 0 Å². The number of likely N-dealkylation sites (N-methyl/N-ethyl adjacent to an activating group) is 2. The summed E-state index contributed by atoms with van der Waals surface area (Å²) in [5.74, 6) is -1.53. The van der Waals surface area contributed by atoms with Crippen molar-refractivity contribution in [1.82, 2.24) is 14.7 Å². The molecule has 3 aliphatic heterocycles. The number of methoxy groups -OCH3 is 1. The number of carbonyl (C=O) groups excluding carboxylic acids is 2. The second-order valence-corrected chi connectivity index (χ2v) is 14.8. The van der Waals surface area contributed by atoms with E-state index in [2.05, 4.69) is 16.7 Å². The summed E-state index contributed by atoms with van der Waals surface area (Å²) < 4.78 is 38.5. The number of nitrogens with zero attached hydrogens (tertiary/aromatic N) is 3. The van der Waals surface area contributed by atoms with E-state index in [0.717, 1.165) is 25.9 Å². The molecule has 10 atom stereocenters. The van der Waals surface area contributed by atoms with Crippen molar-refractivity contribution >= 4 is 11.8 Å². The molecule has 0 bridgehead atoms. The SMILES string of the molecule is CO[C@]1(C)C[C@@H](C)CN(C)[C@@H](CCCN2CC[C@H](F)C2)COC(=O)C(C)(C)C(=O)[C@H](C)[C@H]1O[C@@H]1O[C@H](C)C[C@H](N(C)C)[C@H]1O. The quantitative estimate of drug-likeness (QED) is 0.318. The Kier molecular flexibility index (Phi) is 13.2. The fourth-order valence-corrected chi connectivity index (χ4v) is 7.43. The number of cyclic esters (lactones) is 1. The van der Waals surface area contributed by atoms with Crippen LogP contribution in [0.4, 0.5) is 4.39 Å². The molecule has 0 aromatic carbocycles. The molecule has 0 saturated carbocycles. The van der Waals surface area contributed by atoms with E-state index in [4.69, 9.17) is 18.9 Å². The second kappa shape index (κ2) is 15.6. The number of esters is 1. The van der Waals surface area contributed by atoms with Crippen LogP contribution in [0.1, 0.15) is 73.6 Å². The number of aliphatic hydroxyl groups excluding tert-OH is 1. The Labute approximate surface area is 264 Å². The molecule has 0 aromatic rings. The summed E-state index contributed by atoms with van der Waals surface area (Å²) in [6, 6.07) is -0.233. The van der Waals surface area contributed by atoms with Crippen LogP contribution in [0, 0.1) is 17.3 Å². The number of Topliss-reactive ketones (excluding diaryl/α,β-unsaturated/α-hetero) is 1. The van der Waals surface area contributed by atoms with Crippen LogP contribution in [0.5, 0.6) is 0 Å². The molecule has 0 radical (unpaired) electrons. The third-order valence-electron chi connectivity index (χ3n) is 10.2. The van der Waals surface area contributed by atoms with E-state index in [-0.39, 0.29) is 36.5 Å². The van der Waals surface area contributed by atoms with Crippen LogP contribution in [0.15, 0.2) is 0 Å². The van der Waals surface area contributed by atoms with Gasteiger partial charge in [-0.15, -0.1) is 0 Å². The number of aliphatic hydroxyl groups is 1. The van der Waals surface area contributed by atoms with E-state index in [0.29, 0.717) is 32.4 Å². The smallest absolute Gasteiger partial charge is 0.319 e. The van der Waals surface area contributed by atoms with E-state index in [1.807, 2.05) is 39.9 Å². The minimum atomic E-state index is -1.43. The average Bonchev–Trinajstić information content (AvgIpc) is 3.37. The third kappa shape index (κ3) is 8.98. The first-order chi connectivity index (χ1) is 20.5. The lowest BCUT2D eigenvalue weighted by Crippen LogP contribution is -2.59. The third-order valence-corrected chi connectivity index (χ3v) is 10.2. The molecule has 0 aromatic heterocycles. The topological polar surface area (TPSA) is 101 Å². The van der Waals surface area contributed by atoms with Gasteiger partial charge in [0, 0.05) is 44.7 Å². The van der Waals surface area contributed by atoms with Crippen LogP contribution in [-0.2, 0) is 28.5 Å². The lowest BCUT2D eigenvalue weighted by molar-refractivity contribution is -0.295. The maximum atomic E-state index is 14.1. The van der Waals surface area contributed by atoms with Crippen molar-refractivity contribution in [2.45, 2.75) is 122 Å². The number of rotatable bonds is 8. The fraction of sp³-hybridized carbons (Fsp3) is 0.939. The van der Waals surface area contributed by atoms with Gasteiger partial charge in [-0.1, -0.05) is 13.8 Å². The van der Waals surface area contributed by atoms with Gasteiger partial charge < -0.3 is 33.9 Å². The van der Waals surface area contributed by atoms with Gasteiger partial charge in [-0.25, -0.2) is 4.39 Å². The van der Waals surface area contributed by atoms with Crippen molar-refractivity contribution in [3.63, 3.8) is 0 Å². The largest absolute Gasteiger partial charge is 0.463 e. The zero-order valence-electron chi connectivity index (χ0n) is 28.9. The predicted octanol–water partition coefficient (Wildman–Crippen LogP) is 3.14. The highest BCUT2D eigenvalue weighted by atomic mass is 19.1. The Bertz CT molecular complexity index is 954. The normalized spacial score (nSPS) is 40.3. The molecule has 11 heteroatoms. The van der Waals surface area contributed by atoms with Gasteiger partial charge in [-0.3, -0.25) is 14.5 Å². The number of alkyl halides is 1. The Morgan fingerprint density at radius 1 is 1.14 bits per heavy atom. The summed E-state index contributed by atoms with van der Waals surface area (Å²) in [6.07, 6.45) is -0.200. The number of ether oxygens (including phenoxy) is 4. The summed E-state index contributed by atoms with van der Waals surface area (Å²) in [7, 11) is 7.49. The van der Waals surface area contributed by atoms with E-state index in [9.17, 15) is 19.1 Å². The number of ketones is 1. The molecule has 256 valence electrons. The molecule has 1 N–H and O–H groups in total. The van der Waals surface area contributed by atoms with Crippen LogP contribution in [-0.4, -0.2) is 141 Å². The first-order valence-electron chi connectivity index (χ1n) is 16.5. The Balaban J connectivity index is 1.88. The summed E-state index contributed by atoms with van der Waals surface area (Å²) >= 11 is 0. The lowest BCUT2D eigenvalue weighted by atomic mass is 9.74. The minimum absolute atomic E-state index is 0.0506. The lowest BCUT2D eigenvalue weighted by Gasteiger charge is -2.47. The van der Waals surface area contributed by atoms with Gasteiger partial charge in [0.25, 0.3) is 0 Å². The van der Waals surface area contributed by atoms with Gasteiger partial charge in [-0.2, -0.15) is 0 Å². The van der Waals surface area contributed by atoms with Crippen LogP contribution in [0.3, 0.4) is 0 Å². The first-order valence-corrected chi connectivity index (χ1v) is 16.5. The molecular weight excluding hydrogens is 569 g/mol. The van der Waals surface area contributed by atoms with Gasteiger partial charge in [-0.05, 0) is 93.4 Å². The summed E-state index contributed by atoms with van der Waals surface area (Å²) in [5.41, 5.74) is -2.37. The number of likely N-dealkylation sites (tertiary alicyclic amines) is 1. The van der Waals surface area contributed by atoms with Gasteiger partial charge in [0.1, 0.15) is 24.3 Å². The van der Waals surface area contributed by atoms with Crippen molar-refractivity contribution in [2.24, 2.45) is 17.3 Å². The Morgan fingerprint density at radius 3 is 2.41 bits per heavy atom. The molecule has 3 rings (SSSR count). The highest BCUT2D eigenvalue weighted by molar-refractivity contribution is 6.04. The summed E-state index contributed by atoms with van der Waals surface area (Å²) in [4.78, 5) is 34.0. The molecule has 3 heterocycles. The zero-order valence-corrected chi connectivity index (χ0v) is 28.9.